The summed E-state index contributed by atoms with van der Waals surface area (Å²) in [4.78, 5) is 12.7. The topological polar surface area (TPSA) is 20.3 Å². The van der Waals surface area contributed by atoms with Crippen LogP contribution in [0.5, 0.6) is 0 Å². The quantitative estimate of drug-likeness (QED) is 0.564. The summed E-state index contributed by atoms with van der Waals surface area (Å²) in [5.74, 6) is 0.236. The molecule has 0 saturated carbocycles. The van der Waals surface area contributed by atoms with E-state index in [-0.39, 0.29) is 11.8 Å². The highest BCUT2D eigenvalue weighted by Gasteiger charge is 2.10. The molecular weight excluding hydrogens is 114 g/mol. The fourth-order valence-electron chi connectivity index (χ4n) is 0.584. The molecule has 0 aromatic rings. The fraction of sp³-hybridized carbons (Fsp3) is 0.857. The average molecular weight is 129 g/mol. The lowest BCUT2D eigenvalue weighted by Crippen LogP contribution is -2.34. The molecule has 0 aromatic carbocycles. The van der Waals surface area contributed by atoms with Gasteiger partial charge in [-0.25, -0.2) is 0 Å². The Morgan fingerprint density at radius 3 is 2.22 bits per heavy atom. The molecule has 0 heterocycles. The minimum atomic E-state index is 0.0787. The summed E-state index contributed by atoms with van der Waals surface area (Å²) in [6, 6.07) is 0.0787. The van der Waals surface area contributed by atoms with Crippen LogP contribution in [0.15, 0.2) is 0 Å². The Bertz CT molecular complexity index is 101. The van der Waals surface area contributed by atoms with Crippen molar-refractivity contribution < 1.29 is 4.79 Å². The molecule has 0 spiro atoms. The highest BCUT2D eigenvalue weighted by atomic mass is 16.1. The summed E-state index contributed by atoms with van der Waals surface area (Å²) in [6.07, 6.45) is 0. The third-order valence-electron chi connectivity index (χ3n) is 1.75. The van der Waals surface area contributed by atoms with Crippen LogP contribution in [-0.4, -0.2) is 30.3 Å². The first-order valence-corrected chi connectivity index (χ1v) is 3.30. The van der Waals surface area contributed by atoms with Crippen molar-refractivity contribution in [3.05, 3.63) is 0 Å². The third kappa shape index (κ3) is 2.61. The van der Waals surface area contributed by atoms with E-state index in [1.165, 1.54) is 0 Å². The van der Waals surface area contributed by atoms with Crippen LogP contribution in [-0.2, 0) is 4.79 Å². The van der Waals surface area contributed by atoms with Gasteiger partial charge in [0.15, 0.2) is 0 Å². The Hall–Kier alpha value is -0.370. The summed E-state index contributed by atoms with van der Waals surface area (Å²) in [7, 11) is 1.95. The summed E-state index contributed by atoms with van der Waals surface area (Å²) >= 11 is 0. The number of nitrogens with zero attached hydrogens (tertiary/aromatic N) is 1. The van der Waals surface area contributed by atoms with Gasteiger partial charge in [-0.15, -0.1) is 0 Å². The van der Waals surface area contributed by atoms with E-state index < -0.39 is 0 Å². The summed E-state index contributed by atoms with van der Waals surface area (Å²) < 4.78 is 0. The molecule has 0 aliphatic heterocycles. The number of likely N-dealkylation sites (N-methyl/N-ethyl adjacent to an activating group) is 1. The molecule has 0 radical (unpaired) electrons. The van der Waals surface area contributed by atoms with Gasteiger partial charge in [0, 0.05) is 0 Å². The first-order chi connectivity index (χ1) is 4.09. The molecule has 0 fully saturated rings. The number of ketones is 1. The van der Waals surface area contributed by atoms with Crippen LogP contribution >= 0.6 is 0 Å². The van der Waals surface area contributed by atoms with Crippen molar-refractivity contribution in [1.82, 2.24) is 4.90 Å². The molecule has 0 saturated heterocycles. The number of carbonyl (C=O) groups excluding carboxylic acids is 1. The maximum atomic E-state index is 10.7. The van der Waals surface area contributed by atoms with E-state index in [4.69, 9.17) is 0 Å². The van der Waals surface area contributed by atoms with Crippen LogP contribution in [0.3, 0.4) is 0 Å². The Balaban J connectivity index is 3.72. The first kappa shape index (κ1) is 8.63. The average Bonchev–Trinajstić information content (AvgIpc) is 1.84. The Morgan fingerprint density at radius 1 is 1.67 bits per heavy atom. The van der Waals surface area contributed by atoms with Gasteiger partial charge < -0.3 is 0 Å². The van der Waals surface area contributed by atoms with E-state index in [2.05, 4.69) is 0 Å². The number of hydrogen-bond acceptors (Lipinski definition) is 2. The molecule has 0 N–H and O–H groups in total. The minimum absolute atomic E-state index is 0.0787. The fourth-order valence-corrected chi connectivity index (χ4v) is 0.584. The largest absolute Gasteiger partial charge is 0.298 e. The summed E-state index contributed by atoms with van der Waals surface area (Å²) in [5.41, 5.74) is 0. The van der Waals surface area contributed by atoms with Gasteiger partial charge in [0.2, 0.25) is 0 Å². The predicted octanol–water partition coefficient (Wildman–Crippen LogP) is 0.916. The van der Waals surface area contributed by atoms with Gasteiger partial charge in [0.25, 0.3) is 0 Å². The zero-order valence-electron chi connectivity index (χ0n) is 6.64. The first-order valence-electron chi connectivity index (χ1n) is 3.30. The van der Waals surface area contributed by atoms with Gasteiger partial charge in [-0.1, -0.05) is 6.92 Å². The predicted molar refractivity (Wildman–Crippen MR) is 38.4 cm³/mol. The lowest BCUT2D eigenvalue weighted by Gasteiger charge is -2.19. The molecule has 0 amide bonds. The maximum absolute atomic E-state index is 10.7. The van der Waals surface area contributed by atoms with Crippen molar-refractivity contribution in [3.63, 3.8) is 0 Å². The van der Waals surface area contributed by atoms with E-state index in [1.807, 2.05) is 25.8 Å². The van der Waals surface area contributed by atoms with Crippen LogP contribution in [0.2, 0.25) is 0 Å². The highest BCUT2D eigenvalue weighted by Crippen LogP contribution is 1.94. The van der Waals surface area contributed by atoms with Gasteiger partial charge in [-0.3, -0.25) is 9.69 Å². The van der Waals surface area contributed by atoms with Gasteiger partial charge in [0.1, 0.15) is 5.78 Å². The Kier molecular flexibility index (Phi) is 3.47. The van der Waals surface area contributed by atoms with Crippen LogP contribution in [0.25, 0.3) is 0 Å². The molecule has 0 rings (SSSR count). The molecular formula is C7H15NO. The van der Waals surface area contributed by atoms with Gasteiger partial charge >= 0.3 is 0 Å². The van der Waals surface area contributed by atoms with Crippen LogP contribution in [0, 0.1) is 0 Å². The SMILES string of the molecule is CCN(C)[C@H](C)C(C)=O. The second kappa shape index (κ2) is 3.62. The van der Waals surface area contributed by atoms with Gasteiger partial charge in [0.05, 0.1) is 6.04 Å². The number of carbonyl (C=O) groups is 1. The molecule has 2 nitrogen and oxygen atoms in total. The number of rotatable bonds is 3. The lowest BCUT2D eigenvalue weighted by atomic mass is 10.2. The van der Waals surface area contributed by atoms with Crippen molar-refractivity contribution >= 4 is 5.78 Å². The van der Waals surface area contributed by atoms with Crippen molar-refractivity contribution in [2.24, 2.45) is 0 Å². The molecule has 54 valence electrons. The normalized spacial score (nSPS) is 13.9. The number of Topliss-reactive ketones (excluding diaryl/α,β-unsaturated/α-hetero) is 1. The molecule has 0 aliphatic rings. The maximum Gasteiger partial charge on any atom is 0.146 e. The highest BCUT2D eigenvalue weighted by molar-refractivity contribution is 5.80. The van der Waals surface area contributed by atoms with E-state index in [9.17, 15) is 4.79 Å². The smallest absolute Gasteiger partial charge is 0.146 e. The molecule has 1 atom stereocenters. The molecule has 2 heteroatoms. The van der Waals surface area contributed by atoms with Crippen molar-refractivity contribution in [3.8, 4) is 0 Å². The molecule has 9 heavy (non-hydrogen) atoms. The third-order valence-corrected chi connectivity index (χ3v) is 1.75. The van der Waals surface area contributed by atoms with Crippen LogP contribution in [0.1, 0.15) is 20.8 Å². The molecule has 0 aliphatic carbocycles. The van der Waals surface area contributed by atoms with Crippen molar-refractivity contribution in [2.75, 3.05) is 13.6 Å². The van der Waals surface area contributed by atoms with Gasteiger partial charge in [-0.05, 0) is 27.4 Å². The van der Waals surface area contributed by atoms with Crippen LogP contribution < -0.4 is 0 Å². The Morgan fingerprint density at radius 2 is 2.11 bits per heavy atom. The zero-order valence-corrected chi connectivity index (χ0v) is 6.64. The number of hydrogen-bond donors (Lipinski definition) is 0. The van der Waals surface area contributed by atoms with E-state index >= 15 is 0 Å². The standard InChI is InChI=1S/C7H15NO/c1-5-8(4)6(2)7(3)9/h6H,5H2,1-4H3/t6-/m1/s1. The lowest BCUT2D eigenvalue weighted by molar-refractivity contribution is -0.121. The van der Waals surface area contributed by atoms with Gasteiger partial charge in [-0.2, -0.15) is 0 Å². The van der Waals surface area contributed by atoms with E-state index in [1.54, 1.807) is 6.92 Å². The minimum Gasteiger partial charge on any atom is -0.298 e. The summed E-state index contributed by atoms with van der Waals surface area (Å²) in [5, 5.41) is 0. The Labute approximate surface area is 56.9 Å². The zero-order chi connectivity index (χ0) is 7.44. The monoisotopic (exact) mass is 129 g/mol. The van der Waals surface area contributed by atoms with Crippen molar-refractivity contribution in [1.29, 1.82) is 0 Å². The van der Waals surface area contributed by atoms with E-state index in [0.717, 1.165) is 6.54 Å². The second-order valence-corrected chi connectivity index (χ2v) is 2.36. The molecule has 0 aromatic heterocycles. The van der Waals surface area contributed by atoms with E-state index in [0.29, 0.717) is 0 Å². The van der Waals surface area contributed by atoms with Crippen LogP contribution in [0.4, 0.5) is 0 Å². The molecule has 0 unspecified atom stereocenters. The molecule has 0 bridgehead atoms. The van der Waals surface area contributed by atoms with Crippen molar-refractivity contribution in [2.45, 2.75) is 26.8 Å². The second-order valence-electron chi connectivity index (χ2n) is 2.36. The summed E-state index contributed by atoms with van der Waals surface area (Å²) in [6.45, 7) is 6.52.